The Morgan fingerprint density at radius 3 is 2.60 bits per heavy atom. The predicted octanol–water partition coefficient (Wildman–Crippen LogP) is 1.39. The van der Waals surface area contributed by atoms with E-state index in [1.165, 1.54) is 13.0 Å². The summed E-state index contributed by atoms with van der Waals surface area (Å²) in [5.41, 5.74) is -0.717. The SMILES string of the molecule is CCC(NS(=O)(=O)c1ccc(Cl)cc1[N+](=O)[O-])C(=O)O. The number of benzene rings is 1. The second kappa shape index (κ2) is 6.16. The number of carboxylic acids is 1. The zero-order valence-electron chi connectivity index (χ0n) is 10.2. The maximum atomic E-state index is 12.0. The Morgan fingerprint density at radius 2 is 2.15 bits per heavy atom. The summed E-state index contributed by atoms with van der Waals surface area (Å²) in [6, 6.07) is 1.65. The summed E-state index contributed by atoms with van der Waals surface area (Å²) in [4.78, 5) is 20.1. The second-order valence-corrected chi connectivity index (χ2v) is 5.91. The van der Waals surface area contributed by atoms with Crippen molar-refractivity contribution in [3.63, 3.8) is 0 Å². The molecule has 8 nitrogen and oxygen atoms in total. The van der Waals surface area contributed by atoms with Crippen molar-refractivity contribution in [1.82, 2.24) is 4.72 Å². The first-order valence-electron chi connectivity index (χ1n) is 5.38. The molecule has 110 valence electrons. The van der Waals surface area contributed by atoms with Crippen molar-refractivity contribution in [2.45, 2.75) is 24.3 Å². The highest BCUT2D eigenvalue weighted by molar-refractivity contribution is 7.89. The van der Waals surface area contributed by atoms with Crippen molar-refractivity contribution < 1.29 is 23.2 Å². The number of sulfonamides is 1. The molecule has 0 aliphatic carbocycles. The molecule has 1 atom stereocenters. The van der Waals surface area contributed by atoms with Crippen molar-refractivity contribution >= 4 is 33.3 Å². The number of nitrogens with one attached hydrogen (secondary N) is 1. The van der Waals surface area contributed by atoms with Crippen LogP contribution in [-0.4, -0.2) is 30.5 Å². The third-order valence-corrected chi connectivity index (χ3v) is 4.17. The first-order chi connectivity index (χ1) is 9.19. The van der Waals surface area contributed by atoms with Crippen molar-refractivity contribution in [3.8, 4) is 0 Å². The first-order valence-corrected chi connectivity index (χ1v) is 7.24. The third-order valence-electron chi connectivity index (χ3n) is 2.41. The topological polar surface area (TPSA) is 127 Å². The van der Waals surface area contributed by atoms with Crippen LogP contribution in [0.1, 0.15) is 13.3 Å². The van der Waals surface area contributed by atoms with Crippen LogP contribution < -0.4 is 4.72 Å². The molecule has 0 saturated carbocycles. The molecule has 2 N–H and O–H groups in total. The Morgan fingerprint density at radius 1 is 1.55 bits per heavy atom. The maximum Gasteiger partial charge on any atom is 0.321 e. The average molecular weight is 323 g/mol. The summed E-state index contributed by atoms with van der Waals surface area (Å²) >= 11 is 5.58. The van der Waals surface area contributed by atoms with Gasteiger partial charge in [0.1, 0.15) is 6.04 Å². The fraction of sp³-hybridized carbons (Fsp3) is 0.300. The molecular weight excluding hydrogens is 312 g/mol. The van der Waals surface area contributed by atoms with Gasteiger partial charge >= 0.3 is 5.97 Å². The van der Waals surface area contributed by atoms with Gasteiger partial charge in [-0.1, -0.05) is 18.5 Å². The van der Waals surface area contributed by atoms with Crippen LogP contribution >= 0.6 is 11.6 Å². The lowest BCUT2D eigenvalue weighted by atomic mass is 10.2. The van der Waals surface area contributed by atoms with Crippen molar-refractivity contribution in [3.05, 3.63) is 33.3 Å². The Balaban J connectivity index is 3.29. The molecule has 1 aromatic carbocycles. The van der Waals surface area contributed by atoms with Crippen LogP contribution in [0, 0.1) is 10.1 Å². The van der Waals surface area contributed by atoms with E-state index in [4.69, 9.17) is 16.7 Å². The molecular formula is C10H11ClN2O6S. The van der Waals surface area contributed by atoms with Crippen LogP contribution in [0.3, 0.4) is 0 Å². The highest BCUT2D eigenvalue weighted by Crippen LogP contribution is 2.27. The number of hydrogen-bond acceptors (Lipinski definition) is 5. The molecule has 0 aliphatic rings. The Labute approximate surface area is 119 Å². The largest absolute Gasteiger partial charge is 0.480 e. The van der Waals surface area contributed by atoms with E-state index < -0.39 is 37.5 Å². The number of halogens is 1. The van der Waals surface area contributed by atoms with E-state index in [1.54, 1.807) is 0 Å². The Bertz CT molecular complexity index is 645. The zero-order chi connectivity index (χ0) is 15.5. The van der Waals surface area contributed by atoms with Gasteiger partial charge in [-0.2, -0.15) is 4.72 Å². The van der Waals surface area contributed by atoms with Crippen LogP contribution in [0.4, 0.5) is 5.69 Å². The van der Waals surface area contributed by atoms with E-state index in [0.29, 0.717) is 0 Å². The number of aliphatic carboxylic acids is 1. The maximum absolute atomic E-state index is 12.0. The standard InChI is InChI=1S/C10H11ClN2O6S/c1-2-7(10(14)15)12-20(18,19)9-4-3-6(11)5-8(9)13(16)17/h3-5,7,12H,2H2,1H3,(H,14,15). The highest BCUT2D eigenvalue weighted by Gasteiger charge is 2.30. The number of carboxylic acid groups (broad SMARTS) is 1. The summed E-state index contributed by atoms with van der Waals surface area (Å²) in [6.45, 7) is 1.47. The van der Waals surface area contributed by atoms with Gasteiger partial charge in [0.25, 0.3) is 5.69 Å². The molecule has 0 spiro atoms. The Hall–Kier alpha value is -1.71. The molecule has 0 saturated heterocycles. The van der Waals surface area contributed by atoms with Crippen molar-refractivity contribution in [2.75, 3.05) is 0 Å². The molecule has 1 rings (SSSR count). The van der Waals surface area contributed by atoms with Gasteiger partial charge in [0.2, 0.25) is 10.0 Å². The van der Waals surface area contributed by atoms with E-state index in [-0.39, 0.29) is 11.4 Å². The Kier molecular flexibility index (Phi) is 5.03. The van der Waals surface area contributed by atoms with E-state index in [2.05, 4.69) is 0 Å². The molecule has 0 aliphatic heterocycles. The number of nitrogens with zero attached hydrogens (tertiary/aromatic N) is 1. The van der Waals surface area contributed by atoms with Gasteiger partial charge in [0.05, 0.1) is 4.92 Å². The van der Waals surface area contributed by atoms with E-state index in [0.717, 1.165) is 12.1 Å². The summed E-state index contributed by atoms with van der Waals surface area (Å²) in [5.74, 6) is -1.37. The number of hydrogen-bond donors (Lipinski definition) is 2. The minimum absolute atomic E-state index is 0.000858. The highest BCUT2D eigenvalue weighted by atomic mass is 35.5. The molecule has 0 amide bonds. The van der Waals surface area contributed by atoms with Gasteiger partial charge in [-0.15, -0.1) is 0 Å². The molecule has 0 fully saturated rings. The number of nitro groups is 1. The quantitative estimate of drug-likeness (QED) is 0.602. The summed E-state index contributed by atoms with van der Waals surface area (Å²) in [5, 5.41) is 19.7. The minimum Gasteiger partial charge on any atom is -0.480 e. The first kappa shape index (κ1) is 16.3. The van der Waals surface area contributed by atoms with Gasteiger partial charge in [0.15, 0.2) is 4.90 Å². The van der Waals surface area contributed by atoms with E-state index in [9.17, 15) is 23.3 Å². The lowest BCUT2D eigenvalue weighted by Crippen LogP contribution is -2.40. The van der Waals surface area contributed by atoms with E-state index in [1.807, 2.05) is 4.72 Å². The van der Waals surface area contributed by atoms with E-state index >= 15 is 0 Å². The monoisotopic (exact) mass is 322 g/mol. The number of nitro benzene ring substituents is 1. The minimum atomic E-state index is -4.34. The molecule has 0 radical (unpaired) electrons. The molecule has 0 aromatic heterocycles. The van der Waals surface area contributed by atoms with Gasteiger partial charge in [-0.3, -0.25) is 14.9 Å². The second-order valence-electron chi connectivity index (χ2n) is 3.79. The van der Waals surface area contributed by atoms with Crippen LogP contribution in [0.25, 0.3) is 0 Å². The van der Waals surface area contributed by atoms with Crippen LogP contribution in [0.5, 0.6) is 0 Å². The van der Waals surface area contributed by atoms with Gasteiger partial charge in [0, 0.05) is 11.1 Å². The van der Waals surface area contributed by atoms with Crippen LogP contribution in [-0.2, 0) is 14.8 Å². The zero-order valence-corrected chi connectivity index (χ0v) is 11.8. The lowest BCUT2D eigenvalue weighted by molar-refractivity contribution is -0.387. The molecule has 1 aromatic rings. The lowest BCUT2D eigenvalue weighted by Gasteiger charge is -2.12. The van der Waals surface area contributed by atoms with Gasteiger partial charge in [-0.25, -0.2) is 8.42 Å². The van der Waals surface area contributed by atoms with Gasteiger partial charge < -0.3 is 5.11 Å². The number of carbonyl (C=O) groups is 1. The third kappa shape index (κ3) is 3.65. The summed E-state index contributed by atoms with van der Waals surface area (Å²) in [7, 11) is -4.34. The van der Waals surface area contributed by atoms with Crippen LogP contribution in [0.2, 0.25) is 5.02 Å². The van der Waals surface area contributed by atoms with Gasteiger partial charge in [-0.05, 0) is 18.6 Å². The molecule has 1 unspecified atom stereocenters. The molecule has 0 bridgehead atoms. The average Bonchev–Trinajstić information content (AvgIpc) is 2.35. The predicted molar refractivity (Wildman–Crippen MR) is 70.1 cm³/mol. The summed E-state index contributed by atoms with van der Waals surface area (Å²) < 4.78 is 25.9. The number of rotatable bonds is 6. The normalized spacial score (nSPS) is 12.9. The van der Waals surface area contributed by atoms with Crippen molar-refractivity contribution in [2.24, 2.45) is 0 Å². The smallest absolute Gasteiger partial charge is 0.321 e. The van der Waals surface area contributed by atoms with Crippen LogP contribution in [0.15, 0.2) is 23.1 Å². The molecule has 20 heavy (non-hydrogen) atoms. The fourth-order valence-corrected chi connectivity index (χ4v) is 3.01. The van der Waals surface area contributed by atoms with Crippen molar-refractivity contribution in [1.29, 1.82) is 0 Å². The molecule has 10 heteroatoms. The summed E-state index contributed by atoms with van der Waals surface area (Å²) in [6.07, 6.45) is -0.00402. The fourth-order valence-electron chi connectivity index (χ4n) is 1.42. The molecule has 0 heterocycles.